The number of rotatable bonds is 8. The van der Waals surface area contributed by atoms with Crippen molar-refractivity contribution in [2.24, 2.45) is 10.9 Å². The smallest absolute Gasteiger partial charge is 0.191 e. The fourth-order valence-electron chi connectivity index (χ4n) is 3.20. The zero-order chi connectivity index (χ0) is 18.8. The summed E-state index contributed by atoms with van der Waals surface area (Å²) >= 11 is 0. The van der Waals surface area contributed by atoms with Gasteiger partial charge in [0.25, 0.3) is 0 Å². The largest absolute Gasteiger partial charge is 0.493 e. The van der Waals surface area contributed by atoms with Gasteiger partial charge in [0.15, 0.2) is 17.5 Å². The van der Waals surface area contributed by atoms with E-state index in [4.69, 9.17) is 9.47 Å². The molecule has 146 valence electrons. The highest BCUT2D eigenvalue weighted by Crippen LogP contribution is 2.27. The van der Waals surface area contributed by atoms with E-state index >= 15 is 0 Å². The predicted molar refractivity (Wildman–Crippen MR) is 107 cm³/mol. The minimum Gasteiger partial charge on any atom is -0.493 e. The van der Waals surface area contributed by atoms with Crippen LogP contribution >= 0.6 is 0 Å². The molecule has 6 heteroatoms. The van der Waals surface area contributed by atoms with Gasteiger partial charge in [0.05, 0.1) is 14.2 Å². The van der Waals surface area contributed by atoms with Crippen molar-refractivity contribution in [1.82, 2.24) is 15.5 Å². The molecule has 0 atom stereocenters. The Bertz CT molecular complexity index is 569. The molecule has 1 heterocycles. The number of piperidine rings is 1. The molecule has 0 unspecified atom stereocenters. The first-order valence-corrected chi connectivity index (χ1v) is 9.54. The first-order valence-electron chi connectivity index (χ1n) is 9.54. The third-order valence-electron chi connectivity index (χ3n) is 4.97. The van der Waals surface area contributed by atoms with Gasteiger partial charge in [0, 0.05) is 26.7 Å². The van der Waals surface area contributed by atoms with Gasteiger partial charge in [-0.15, -0.1) is 0 Å². The number of methoxy groups -OCH3 is 2. The molecule has 2 N–H and O–H groups in total. The molecule has 26 heavy (non-hydrogen) atoms. The number of benzene rings is 1. The lowest BCUT2D eigenvalue weighted by atomic mass is 9.99. The molecule has 0 aliphatic carbocycles. The minimum atomic E-state index is 0.758. The third-order valence-corrected chi connectivity index (χ3v) is 4.97. The van der Waals surface area contributed by atoms with Crippen LogP contribution in [0.4, 0.5) is 0 Å². The zero-order valence-electron chi connectivity index (χ0n) is 16.7. The summed E-state index contributed by atoms with van der Waals surface area (Å²) in [6.07, 6.45) is 3.53. The van der Waals surface area contributed by atoms with Crippen LogP contribution in [0.3, 0.4) is 0 Å². The molecule has 0 aromatic heterocycles. The van der Waals surface area contributed by atoms with E-state index in [9.17, 15) is 0 Å². The van der Waals surface area contributed by atoms with Crippen LogP contribution in [-0.2, 0) is 6.42 Å². The minimum absolute atomic E-state index is 0.758. The molecule has 6 nitrogen and oxygen atoms in total. The van der Waals surface area contributed by atoms with E-state index in [2.05, 4.69) is 33.5 Å². The lowest BCUT2D eigenvalue weighted by Crippen LogP contribution is -2.43. The highest BCUT2D eigenvalue weighted by atomic mass is 16.5. The van der Waals surface area contributed by atoms with Crippen molar-refractivity contribution in [3.8, 4) is 11.5 Å². The van der Waals surface area contributed by atoms with Crippen LogP contribution < -0.4 is 20.1 Å². The Morgan fingerprint density at radius 3 is 2.46 bits per heavy atom. The number of likely N-dealkylation sites (tertiary alicyclic amines) is 1. The lowest BCUT2D eigenvalue weighted by molar-refractivity contribution is 0.195. The fourth-order valence-corrected chi connectivity index (χ4v) is 3.20. The summed E-state index contributed by atoms with van der Waals surface area (Å²) in [5.74, 6) is 3.26. The topological polar surface area (TPSA) is 58.1 Å². The van der Waals surface area contributed by atoms with Crippen molar-refractivity contribution < 1.29 is 9.47 Å². The molecular weight excluding hydrogens is 328 g/mol. The molecule has 0 bridgehead atoms. The van der Waals surface area contributed by atoms with Crippen LogP contribution in [0.2, 0.25) is 0 Å². The Morgan fingerprint density at radius 2 is 1.81 bits per heavy atom. The van der Waals surface area contributed by atoms with Crippen LogP contribution in [-0.4, -0.2) is 64.9 Å². The van der Waals surface area contributed by atoms with Gasteiger partial charge in [0.1, 0.15) is 0 Å². The second-order valence-electron chi connectivity index (χ2n) is 6.89. The summed E-state index contributed by atoms with van der Waals surface area (Å²) in [6.45, 7) is 7.59. The maximum absolute atomic E-state index is 5.36. The molecule has 0 spiro atoms. The van der Waals surface area contributed by atoms with E-state index in [1.54, 1.807) is 14.2 Å². The number of nitrogens with zero attached hydrogens (tertiary/aromatic N) is 2. The maximum Gasteiger partial charge on any atom is 0.191 e. The lowest BCUT2D eigenvalue weighted by Gasteiger charge is -2.30. The van der Waals surface area contributed by atoms with Crippen molar-refractivity contribution in [1.29, 1.82) is 0 Å². The van der Waals surface area contributed by atoms with Gasteiger partial charge >= 0.3 is 0 Å². The Balaban J connectivity index is 1.68. The first-order chi connectivity index (χ1) is 12.7. The Morgan fingerprint density at radius 1 is 1.12 bits per heavy atom. The first kappa shape index (κ1) is 20.4. The van der Waals surface area contributed by atoms with Crippen LogP contribution in [0.25, 0.3) is 0 Å². The molecule has 0 radical (unpaired) electrons. The number of aliphatic imine (C=N–C) groups is 1. The second kappa shape index (κ2) is 10.9. The predicted octanol–water partition coefficient (Wildman–Crippen LogP) is 2.14. The molecule has 1 aromatic carbocycles. The highest BCUT2D eigenvalue weighted by Gasteiger charge is 2.14. The second-order valence-corrected chi connectivity index (χ2v) is 6.89. The van der Waals surface area contributed by atoms with Crippen LogP contribution in [0.15, 0.2) is 23.2 Å². The van der Waals surface area contributed by atoms with E-state index in [0.717, 1.165) is 49.4 Å². The van der Waals surface area contributed by atoms with Crippen molar-refractivity contribution >= 4 is 5.96 Å². The summed E-state index contributed by atoms with van der Waals surface area (Å²) in [4.78, 5) is 6.84. The van der Waals surface area contributed by atoms with Gasteiger partial charge < -0.3 is 25.0 Å². The van der Waals surface area contributed by atoms with E-state index < -0.39 is 0 Å². The average molecular weight is 363 g/mol. The van der Waals surface area contributed by atoms with Crippen LogP contribution in [0.5, 0.6) is 11.5 Å². The molecule has 1 fully saturated rings. The molecule has 0 saturated carbocycles. The van der Waals surface area contributed by atoms with Crippen molar-refractivity contribution in [2.45, 2.75) is 26.2 Å². The van der Waals surface area contributed by atoms with Crippen molar-refractivity contribution in [3.63, 3.8) is 0 Å². The fraction of sp³-hybridized carbons (Fsp3) is 0.650. The van der Waals surface area contributed by atoms with E-state index in [-0.39, 0.29) is 0 Å². The number of hydrogen-bond donors (Lipinski definition) is 2. The summed E-state index contributed by atoms with van der Waals surface area (Å²) in [5, 5.41) is 6.78. The Hall–Kier alpha value is -1.95. The zero-order valence-corrected chi connectivity index (χ0v) is 16.7. The van der Waals surface area contributed by atoms with Gasteiger partial charge in [0.2, 0.25) is 0 Å². The summed E-state index contributed by atoms with van der Waals surface area (Å²) in [5.41, 5.74) is 1.20. The molecule has 1 aromatic rings. The van der Waals surface area contributed by atoms with E-state index in [1.165, 1.54) is 31.5 Å². The normalized spacial score (nSPS) is 16.4. The quantitative estimate of drug-likeness (QED) is 0.548. The molecule has 2 rings (SSSR count). The third kappa shape index (κ3) is 6.41. The summed E-state index contributed by atoms with van der Waals surface area (Å²) < 4.78 is 10.6. The molecule has 1 saturated heterocycles. The van der Waals surface area contributed by atoms with E-state index in [1.807, 2.05) is 19.2 Å². The van der Waals surface area contributed by atoms with Gasteiger partial charge in [-0.2, -0.15) is 0 Å². The summed E-state index contributed by atoms with van der Waals surface area (Å²) in [6, 6.07) is 6.03. The van der Waals surface area contributed by atoms with Crippen LogP contribution in [0.1, 0.15) is 25.3 Å². The van der Waals surface area contributed by atoms with Crippen molar-refractivity contribution in [3.05, 3.63) is 23.8 Å². The van der Waals surface area contributed by atoms with Gasteiger partial charge in [-0.25, -0.2) is 0 Å². The molecule has 0 amide bonds. The van der Waals surface area contributed by atoms with Crippen molar-refractivity contribution in [2.75, 3.05) is 54.0 Å². The Labute approximate surface area is 158 Å². The van der Waals surface area contributed by atoms with Gasteiger partial charge in [-0.1, -0.05) is 13.0 Å². The number of hydrogen-bond acceptors (Lipinski definition) is 4. The Kier molecular flexibility index (Phi) is 8.54. The maximum atomic E-state index is 5.36. The highest BCUT2D eigenvalue weighted by molar-refractivity contribution is 5.79. The standard InChI is InChI=1S/C20H34N4O2/c1-16-8-12-24(13-9-16)14-11-23-20(21-2)22-10-7-17-5-6-18(25-3)19(15-17)26-4/h5-6,15-16H,7-14H2,1-4H3,(H2,21,22,23). The monoisotopic (exact) mass is 362 g/mol. The van der Waals surface area contributed by atoms with Crippen LogP contribution in [0, 0.1) is 5.92 Å². The van der Waals surface area contributed by atoms with Gasteiger partial charge in [-0.05, 0) is 56.0 Å². The number of guanidine groups is 1. The molecule has 1 aliphatic rings. The summed E-state index contributed by atoms with van der Waals surface area (Å²) in [7, 11) is 5.13. The molecule has 1 aliphatic heterocycles. The van der Waals surface area contributed by atoms with E-state index in [0.29, 0.717) is 0 Å². The number of nitrogens with one attached hydrogen (secondary N) is 2. The molecular formula is C20H34N4O2. The van der Waals surface area contributed by atoms with Gasteiger partial charge in [-0.3, -0.25) is 4.99 Å². The SMILES string of the molecule is CN=C(NCCc1ccc(OC)c(OC)c1)NCCN1CCC(C)CC1. The average Bonchev–Trinajstić information content (AvgIpc) is 2.68. The number of ether oxygens (including phenoxy) is 2.